The Morgan fingerprint density at radius 1 is 0.400 bits per heavy atom. The Hall–Kier alpha value is -4.90. The van der Waals surface area contributed by atoms with Gasteiger partial charge in [0.2, 0.25) is 0 Å². The van der Waals surface area contributed by atoms with Gasteiger partial charge in [-0.3, -0.25) is 19.4 Å². The zero-order valence-electron chi connectivity index (χ0n) is 25.5. The number of carbonyl (C=O) groups is 2. The second kappa shape index (κ2) is 14.7. The fraction of sp³-hybridized carbons (Fsp3) is 0.171. The Morgan fingerprint density at radius 2 is 0.644 bits per heavy atom. The van der Waals surface area contributed by atoms with E-state index in [0.717, 1.165) is 64.1 Å². The van der Waals surface area contributed by atoms with E-state index in [4.69, 9.17) is 0 Å². The lowest BCUT2D eigenvalue weighted by Gasteiger charge is -2.32. The fourth-order valence-electron chi connectivity index (χ4n) is 6.06. The van der Waals surface area contributed by atoms with E-state index >= 15 is 0 Å². The number of likely N-dealkylation sites (tertiary alicyclic amines) is 2. The first-order valence-electron chi connectivity index (χ1n) is 15.7. The van der Waals surface area contributed by atoms with Gasteiger partial charge >= 0.3 is 0 Å². The van der Waals surface area contributed by atoms with Crippen LogP contribution in [0, 0.1) is 0 Å². The molecule has 2 aliphatic rings. The molecule has 6 rings (SSSR count). The van der Waals surface area contributed by atoms with Gasteiger partial charge < -0.3 is 0 Å². The maximum Gasteiger partial charge on any atom is 0.187 e. The van der Waals surface area contributed by atoms with Crippen molar-refractivity contribution in [2.45, 2.75) is 6.42 Å². The topological polar surface area (TPSA) is 40.6 Å². The number of hydrogen-bond acceptors (Lipinski definition) is 4. The van der Waals surface area contributed by atoms with E-state index in [1.807, 2.05) is 146 Å². The van der Waals surface area contributed by atoms with E-state index in [9.17, 15) is 9.59 Å². The second-order valence-corrected chi connectivity index (χ2v) is 11.8. The molecule has 2 aliphatic heterocycles. The molecule has 0 atom stereocenters. The molecule has 4 nitrogen and oxygen atoms in total. The highest BCUT2D eigenvalue weighted by molar-refractivity contribution is 6.15. The molecule has 4 aromatic rings. The Labute approximate surface area is 266 Å². The van der Waals surface area contributed by atoms with E-state index in [0.29, 0.717) is 26.2 Å². The van der Waals surface area contributed by atoms with Gasteiger partial charge in [0.25, 0.3) is 0 Å². The molecule has 2 heterocycles. The molecule has 224 valence electrons. The van der Waals surface area contributed by atoms with E-state index in [2.05, 4.69) is 9.80 Å². The van der Waals surface area contributed by atoms with Gasteiger partial charge in [-0.1, -0.05) is 121 Å². The van der Waals surface area contributed by atoms with Gasteiger partial charge in [0, 0.05) is 61.6 Å². The molecule has 0 spiro atoms. The van der Waals surface area contributed by atoms with Crippen LogP contribution in [-0.2, 0) is 9.59 Å². The van der Waals surface area contributed by atoms with Gasteiger partial charge in [-0.2, -0.15) is 0 Å². The van der Waals surface area contributed by atoms with Crippen LogP contribution in [0.5, 0.6) is 0 Å². The summed E-state index contributed by atoms with van der Waals surface area (Å²) < 4.78 is 0. The maximum atomic E-state index is 13.6. The van der Waals surface area contributed by atoms with Crippen LogP contribution in [-0.4, -0.2) is 60.6 Å². The SMILES string of the molecule is O=C1/C(=C\c2ccccc2)CN(CCCN2C/C(=C\c3ccccc3)C(=O)/C(=C/c3ccccc3)C2)C/C1=C\c1ccccc1. The molecule has 0 bridgehead atoms. The molecule has 2 fully saturated rings. The molecule has 0 aromatic heterocycles. The summed E-state index contributed by atoms with van der Waals surface area (Å²) in [6, 6.07) is 40.3. The Balaban J connectivity index is 1.19. The third-order valence-corrected chi connectivity index (χ3v) is 8.25. The number of carbonyl (C=O) groups excluding carboxylic acids is 2. The first-order chi connectivity index (χ1) is 22.1. The maximum absolute atomic E-state index is 13.6. The first-order valence-corrected chi connectivity index (χ1v) is 15.7. The molecule has 45 heavy (non-hydrogen) atoms. The van der Waals surface area contributed by atoms with Gasteiger partial charge in [-0.15, -0.1) is 0 Å². The fourth-order valence-corrected chi connectivity index (χ4v) is 6.06. The number of hydrogen-bond donors (Lipinski definition) is 0. The number of benzene rings is 4. The number of Topliss-reactive ketones (excluding diaryl/α,β-unsaturated/α-hetero) is 2. The second-order valence-electron chi connectivity index (χ2n) is 11.8. The van der Waals surface area contributed by atoms with Crippen molar-refractivity contribution in [2.75, 3.05) is 39.3 Å². The summed E-state index contributed by atoms with van der Waals surface area (Å²) in [7, 11) is 0. The summed E-state index contributed by atoms with van der Waals surface area (Å²) in [5, 5.41) is 0. The molecule has 0 amide bonds. The highest BCUT2D eigenvalue weighted by Gasteiger charge is 2.28. The van der Waals surface area contributed by atoms with Crippen molar-refractivity contribution in [3.63, 3.8) is 0 Å². The third-order valence-electron chi connectivity index (χ3n) is 8.25. The van der Waals surface area contributed by atoms with Crippen molar-refractivity contribution in [1.29, 1.82) is 0 Å². The van der Waals surface area contributed by atoms with Crippen molar-refractivity contribution in [2.24, 2.45) is 0 Å². The van der Waals surface area contributed by atoms with E-state index in [1.165, 1.54) is 0 Å². The molecule has 0 aliphatic carbocycles. The van der Waals surface area contributed by atoms with Crippen LogP contribution in [0.4, 0.5) is 0 Å². The van der Waals surface area contributed by atoms with Crippen LogP contribution in [0.15, 0.2) is 144 Å². The predicted molar refractivity (Wildman–Crippen MR) is 185 cm³/mol. The summed E-state index contributed by atoms with van der Waals surface area (Å²) in [6.45, 7) is 4.19. The summed E-state index contributed by atoms with van der Waals surface area (Å²) in [4.78, 5) is 31.9. The molecule has 4 aromatic carbocycles. The Kier molecular flexibility index (Phi) is 9.86. The zero-order chi connectivity index (χ0) is 30.8. The molecule has 0 unspecified atom stereocenters. The Morgan fingerprint density at radius 3 is 0.889 bits per heavy atom. The first kappa shape index (κ1) is 30.1. The van der Waals surface area contributed by atoms with Crippen molar-refractivity contribution >= 4 is 35.9 Å². The highest BCUT2D eigenvalue weighted by atomic mass is 16.1. The zero-order valence-corrected chi connectivity index (χ0v) is 25.5. The van der Waals surface area contributed by atoms with Gasteiger partial charge in [-0.05, 0) is 53.0 Å². The number of piperidine rings is 2. The highest BCUT2D eigenvalue weighted by Crippen LogP contribution is 2.25. The van der Waals surface area contributed by atoms with Crippen LogP contribution >= 0.6 is 0 Å². The standard InChI is InChI=1S/C41H38N2O2/c44-40-36(24-32-14-5-1-6-15-32)28-42(29-37(40)25-33-16-7-2-8-17-33)22-13-23-43-30-38(26-34-18-9-3-10-19-34)41(45)39(31-43)27-35-20-11-4-12-21-35/h1-12,14-21,24-27H,13,22-23,28-31H2/b36-24-,37-25+,38-26+,39-27+. The van der Waals surface area contributed by atoms with Crippen LogP contribution in [0.3, 0.4) is 0 Å². The molecule has 2 saturated heterocycles. The van der Waals surface area contributed by atoms with Crippen molar-refractivity contribution in [3.8, 4) is 0 Å². The lowest BCUT2D eigenvalue weighted by molar-refractivity contribution is -0.114. The molecule has 0 N–H and O–H groups in total. The molecule has 4 heteroatoms. The quantitative estimate of drug-likeness (QED) is 0.200. The monoisotopic (exact) mass is 590 g/mol. The average Bonchev–Trinajstić information content (AvgIpc) is 3.07. The van der Waals surface area contributed by atoms with Crippen LogP contribution in [0.2, 0.25) is 0 Å². The minimum absolute atomic E-state index is 0.125. The van der Waals surface area contributed by atoms with E-state index in [-0.39, 0.29) is 11.6 Å². The van der Waals surface area contributed by atoms with E-state index in [1.54, 1.807) is 0 Å². The average molecular weight is 591 g/mol. The van der Waals surface area contributed by atoms with Crippen LogP contribution in [0.25, 0.3) is 24.3 Å². The lowest BCUT2D eigenvalue weighted by atomic mass is 9.93. The number of nitrogens with zero attached hydrogens (tertiary/aromatic N) is 2. The number of ketones is 2. The van der Waals surface area contributed by atoms with Crippen molar-refractivity contribution < 1.29 is 9.59 Å². The minimum Gasteiger partial charge on any atom is -0.294 e. The van der Waals surface area contributed by atoms with E-state index < -0.39 is 0 Å². The van der Waals surface area contributed by atoms with Gasteiger partial charge in [0.05, 0.1) is 0 Å². The Bertz CT molecular complexity index is 1480. The van der Waals surface area contributed by atoms with Crippen LogP contribution in [0.1, 0.15) is 28.7 Å². The van der Waals surface area contributed by atoms with Crippen molar-refractivity contribution in [1.82, 2.24) is 9.80 Å². The summed E-state index contributed by atoms with van der Waals surface area (Å²) in [5.74, 6) is 0.250. The smallest absolute Gasteiger partial charge is 0.187 e. The summed E-state index contributed by atoms with van der Waals surface area (Å²) in [5.41, 5.74) is 7.42. The molecular weight excluding hydrogens is 552 g/mol. The normalized spacial score (nSPS) is 20.0. The number of rotatable bonds is 8. The van der Waals surface area contributed by atoms with Gasteiger partial charge in [0.1, 0.15) is 0 Å². The van der Waals surface area contributed by atoms with Crippen LogP contribution < -0.4 is 0 Å². The third kappa shape index (κ3) is 8.18. The van der Waals surface area contributed by atoms with Crippen molar-refractivity contribution in [3.05, 3.63) is 166 Å². The molecule has 0 saturated carbocycles. The predicted octanol–water partition coefficient (Wildman–Crippen LogP) is 7.48. The van der Waals surface area contributed by atoms with Gasteiger partial charge in [0.15, 0.2) is 11.6 Å². The lowest BCUT2D eigenvalue weighted by Crippen LogP contribution is -2.41. The largest absolute Gasteiger partial charge is 0.294 e. The molecule has 0 radical (unpaired) electrons. The summed E-state index contributed by atoms with van der Waals surface area (Å²) in [6.07, 6.45) is 9.06. The minimum atomic E-state index is 0.125. The molecular formula is C41H38N2O2. The summed E-state index contributed by atoms with van der Waals surface area (Å²) >= 11 is 0. The van der Waals surface area contributed by atoms with Gasteiger partial charge in [-0.25, -0.2) is 0 Å².